The summed E-state index contributed by atoms with van der Waals surface area (Å²) < 4.78 is 10.9. The number of benzene rings is 1. The summed E-state index contributed by atoms with van der Waals surface area (Å²) in [6.45, 7) is 0. The molecule has 2 rings (SSSR count). The van der Waals surface area contributed by atoms with E-state index in [1.54, 1.807) is 6.07 Å². The van der Waals surface area contributed by atoms with E-state index in [1.165, 1.54) is 19.2 Å². The van der Waals surface area contributed by atoms with Crippen molar-refractivity contribution in [3.63, 3.8) is 0 Å². The first-order chi connectivity index (χ1) is 9.44. The minimum absolute atomic E-state index is 0.0594. The van der Waals surface area contributed by atoms with Crippen molar-refractivity contribution in [2.24, 2.45) is 5.73 Å². The van der Waals surface area contributed by atoms with Gasteiger partial charge >= 0.3 is 5.97 Å². The molecule has 0 radical (unpaired) electrons. The molecule has 1 aliphatic rings. The second-order valence-electron chi connectivity index (χ2n) is 4.97. The number of primary amides is 1. The first-order valence-electron chi connectivity index (χ1n) is 6.34. The smallest absolute Gasteiger partial charge is 0.307 e. The number of aliphatic carboxylic acids is 1. The van der Waals surface area contributed by atoms with Gasteiger partial charge in [0.25, 0.3) is 0 Å². The zero-order chi connectivity index (χ0) is 14.8. The molecule has 0 atom stereocenters. The Balaban J connectivity index is 2.25. The summed E-state index contributed by atoms with van der Waals surface area (Å²) in [5.74, 6) is -0.641. The van der Waals surface area contributed by atoms with Crippen LogP contribution in [0.25, 0.3) is 0 Å². The van der Waals surface area contributed by atoms with E-state index in [0.717, 1.165) is 6.42 Å². The van der Waals surface area contributed by atoms with Gasteiger partial charge in [0, 0.05) is 11.6 Å². The van der Waals surface area contributed by atoms with E-state index in [9.17, 15) is 9.59 Å². The molecule has 1 aliphatic carbocycles. The lowest BCUT2D eigenvalue weighted by Crippen LogP contribution is -2.45. The van der Waals surface area contributed by atoms with Gasteiger partial charge in [-0.15, -0.1) is 0 Å². The number of rotatable bonds is 6. The summed E-state index contributed by atoms with van der Waals surface area (Å²) in [6.07, 6.45) is 2.24. The average molecular weight is 279 g/mol. The van der Waals surface area contributed by atoms with E-state index < -0.39 is 17.5 Å². The topological polar surface area (TPSA) is 98.8 Å². The van der Waals surface area contributed by atoms with Crippen LogP contribution in [0.4, 0.5) is 0 Å². The van der Waals surface area contributed by atoms with Gasteiger partial charge in [0.1, 0.15) is 17.1 Å². The molecule has 0 bridgehead atoms. The zero-order valence-corrected chi connectivity index (χ0v) is 11.2. The molecule has 1 fully saturated rings. The molecule has 1 saturated carbocycles. The third-order valence-electron chi connectivity index (χ3n) is 3.47. The van der Waals surface area contributed by atoms with Crippen LogP contribution >= 0.6 is 0 Å². The SMILES string of the molecule is COc1cc(OC2(CC(=O)O)CCC2)cc(C(N)=O)c1. The lowest BCUT2D eigenvalue weighted by atomic mass is 9.77. The molecule has 6 nitrogen and oxygen atoms in total. The Morgan fingerprint density at radius 3 is 2.40 bits per heavy atom. The highest BCUT2D eigenvalue weighted by Gasteiger charge is 2.41. The van der Waals surface area contributed by atoms with Crippen molar-refractivity contribution in [1.82, 2.24) is 0 Å². The van der Waals surface area contributed by atoms with Gasteiger partial charge in [-0.05, 0) is 31.4 Å². The maximum atomic E-state index is 11.3. The molecule has 1 aromatic carbocycles. The Morgan fingerprint density at radius 2 is 1.95 bits per heavy atom. The van der Waals surface area contributed by atoms with Crippen LogP contribution in [0.5, 0.6) is 11.5 Å². The quantitative estimate of drug-likeness (QED) is 0.823. The Labute approximate surface area is 116 Å². The van der Waals surface area contributed by atoms with E-state index >= 15 is 0 Å². The van der Waals surface area contributed by atoms with E-state index in [0.29, 0.717) is 24.3 Å². The fourth-order valence-corrected chi connectivity index (χ4v) is 2.30. The number of carboxylic acids is 1. The lowest BCUT2D eigenvalue weighted by Gasteiger charge is -2.40. The molecule has 0 aliphatic heterocycles. The maximum Gasteiger partial charge on any atom is 0.307 e. The van der Waals surface area contributed by atoms with Crippen LogP contribution in [-0.4, -0.2) is 29.7 Å². The third kappa shape index (κ3) is 3.01. The Bertz CT molecular complexity index is 536. The van der Waals surface area contributed by atoms with Crippen LogP contribution in [0.2, 0.25) is 0 Å². The van der Waals surface area contributed by atoms with Gasteiger partial charge in [0.2, 0.25) is 5.91 Å². The summed E-state index contributed by atoms with van der Waals surface area (Å²) in [5, 5.41) is 8.96. The predicted molar refractivity (Wildman–Crippen MR) is 71.0 cm³/mol. The minimum Gasteiger partial charge on any atom is -0.497 e. The van der Waals surface area contributed by atoms with Crippen LogP contribution in [0.1, 0.15) is 36.0 Å². The highest BCUT2D eigenvalue weighted by Crippen LogP contribution is 2.40. The third-order valence-corrected chi connectivity index (χ3v) is 3.47. The van der Waals surface area contributed by atoms with Crippen LogP contribution < -0.4 is 15.2 Å². The number of hydrogen-bond acceptors (Lipinski definition) is 4. The first-order valence-corrected chi connectivity index (χ1v) is 6.34. The van der Waals surface area contributed by atoms with E-state index in [1.807, 2.05) is 0 Å². The Morgan fingerprint density at radius 1 is 1.30 bits per heavy atom. The molecule has 6 heteroatoms. The number of nitrogens with two attached hydrogens (primary N) is 1. The first kappa shape index (κ1) is 14.2. The van der Waals surface area contributed by atoms with Crippen molar-refractivity contribution in [2.45, 2.75) is 31.3 Å². The molecule has 108 valence electrons. The molecular formula is C14H17NO5. The number of ether oxygens (including phenoxy) is 2. The maximum absolute atomic E-state index is 11.3. The summed E-state index contributed by atoms with van der Waals surface area (Å²) >= 11 is 0. The van der Waals surface area contributed by atoms with Gasteiger partial charge in [0.05, 0.1) is 13.5 Å². The average Bonchev–Trinajstić information content (AvgIpc) is 2.35. The summed E-state index contributed by atoms with van der Waals surface area (Å²) in [5.41, 5.74) is 4.83. The van der Waals surface area contributed by atoms with Crippen molar-refractivity contribution in [2.75, 3.05) is 7.11 Å². The van der Waals surface area contributed by atoms with Gasteiger partial charge in [-0.2, -0.15) is 0 Å². The second kappa shape index (κ2) is 5.40. The highest BCUT2D eigenvalue weighted by atomic mass is 16.5. The molecule has 1 amide bonds. The molecule has 0 unspecified atom stereocenters. The molecule has 0 spiro atoms. The number of methoxy groups -OCH3 is 1. The number of carbonyl (C=O) groups is 2. The molecular weight excluding hydrogens is 262 g/mol. The van der Waals surface area contributed by atoms with Crippen molar-refractivity contribution < 1.29 is 24.2 Å². The van der Waals surface area contributed by atoms with Gasteiger partial charge in [0.15, 0.2) is 0 Å². The van der Waals surface area contributed by atoms with E-state index in [2.05, 4.69) is 0 Å². The predicted octanol–water partition coefficient (Wildman–Crippen LogP) is 1.57. The molecule has 0 heterocycles. The van der Waals surface area contributed by atoms with Crippen LogP contribution in [-0.2, 0) is 4.79 Å². The summed E-state index contributed by atoms with van der Waals surface area (Å²) in [7, 11) is 1.47. The fraction of sp³-hybridized carbons (Fsp3) is 0.429. The van der Waals surface area contributed by atoms with Crippen LogP contribution in [0.15, 0.2) is 18.2 Å². The standard InChI is InChI=1S/C14H17NO5/c1-19-10-5-9(13(15)18)6-11(7-10)20-14(3-2-4-14)8-12(16)17/h5-7H,2-4,8H2,1H3,(H2,15,18)(H,16,17). The Kier molecular flexibility index (Phi) is 3.83. The zero-order valence-electron chi connectivity index (χ0n) is 11.2. The lowest BCUT2D eigenvalue weighted by molar-refractivity contribution is -0.144. The van der Waals surface area contributed by atoms with Crippen molar-refractivity contribution in [3.05, 3.63) is 23.8 Å². The monoisotopic (exact) mass is 279 g/mol. The van der Waals surface area contributed by atoms with Gasteiger partial charge < -0.3 is 20.3 Å². The molecule has 20 heavy (non-hydrogen) atoms. The largest absolute Gasteiger partial charge is 0.497 e. The van der Waals surface area contributed by atoms with Crippen molar-refractivity contribution in [1.29, 1.82) is 0 Å². The van der Waals surface area contributed by atoms with Crippen LogP contribution in [0.3, 0.4) is 0 Å². The summed E-state index contributed by atoms with van der Waals surface area (Å²) in [6, 6.07) is 4.64. The van der Waals surface area contributed by atoms with Gasteiger partial charge in [-0.3, -0.25) is 9.59 Å². The van der Waals surface area contributed by atoms with Gasteiger partial charge in [-0.25, -0.2) is 0 Å². The molecule has 1 aromatic rings. The number of hydrogen-bond donors (Lipinski definition) is 2. The minimum atomic E-state index is -0.900. The summed E-state index contributed by atoms with van der Waals surface area (Å²) in [4.78, 5) is 22.2. The molecule has 0 aromatic heterocycles. The molecule has 3 N–H and O–H groups in total. The number of carbonyl (C=O) groups excluding carboxylic acids is 1. The van der Waals surface area contributed by atoms with Crippen LogP contribution in [0, 0.1) is 0 Å². The fourth-order valence-electron chi connectivity index (χ4n) is 2.30. The van der Waals surface area contributed by atoms with Gasteiger partial charge in [-0.1, -0.05) is 0 Å². The van der Waals surface area contributed by atoms with Crippen molar-refractivity contribution in [3.8, 4) is 11.5 Å². The van der Waals surface area contributed by atoms with E-state index in [4.69, 9.17) is 20.3 Å². The molecule has 0 saturated heterocycles. The normalized spacial score (nSPS) is 16.1. The Hall–Kier alpha value is -2.24. The highest BCUT2D eigenvalue weighted by molar-refractivity contribution is 5.93. The van der Waals surface area contributed by atoms with E-state index in [-0.39, 0.29) is 12.0 Å². The number of amides is 1. The second-order valence-corrected chi connectivity index (χ2v) is 4.97. The number of carboxylic acid groups (broad SMARTS) is 1. The van der Waals surface area contributed by atoms with Crippen molar-refractivity contribution >= 4 is 11.9 Å².